The second kappa shape index (κ2) is 10.5. The van der Waals surface area contributed by atoms with Gasteiger partial charge in [-0.25, -0.2) is 12.7 Å². The summed E-state index contributed by atoms with van der Waals surface area (Å²) in [5.74, 6) is -0.252. The first-order chi connectivity index (χ1) is 15.9. The van der Waals surface area contributed by atoms with E-state index in [2.05, 4.69) is 5.32 Å². The maximum atomic E-state index is 13.0. The largest absolute Gasteiger partial charge is 0.325 e. The Bertz CT molecular complexity index is 1200. The molecule has 0 radical (unpaired) electrons. The Hall–Kier alpha value is -2.61. The van der Waals surface area contributed by atoms with Crippen LogP contribution in [0.4, 0.5) is 5.69 Å². The third-order valence-corrected chi connectivity index (χ3v) is 8.84. The molecule has 33 heavy (non-hydrogen) atoms. The summed E-state index contributed by atoms with van der Waals surface area (Å²) in [6, 6.07) is 25.4. The summed E-state index contributed by atoms with van der Waals surface area (Å²) in [5.41, 5.74) is 2.58. The van der Waals surface area contributed by atoms with Gasteiger partial charge in [0, 0.05) is 28.8 Å². The molecule has 1 aliphatic heterocycles. The number of carbonyl (C=O) groups excluding carboxylic acids is 1. The summed E-state index contributed by atoms with van der Waals surface area (Å²) in [6.45, 7) is 2.66. The molecule has 0 aromatic heterocycles. The summed E-state index contributed by atoms with van der Waals surface area (Å²) in [6.07, 6.45) is 1.04. The van der Waals surface area contributed by atoms with E-state index < -0.39 is 10.0 Å². The normalized spacial score (nSPS) is 15.3. The van der Waals surface area contributed by atoms with Gasteiger partial charge in [0.25, 0.3) is 0 Å². The predicted octanol–water partition coefficient (Wildman–Crippen LogP) is 5.33. The van der Waals surface area contributed by atoms with Gasteiger partial charge in [-0.05, 0) is 55.2 Å². The summed E-state index contributed by atoms with van der Waals surface area (Å²) < 4.78 is 27.4. The lowest BCUT2D eigenvalue weighted by Gasteiger charge is -2.30. The maximum Gasteiger partial charge on any atom is 0.227 e. The van der Waals surface area contributed by atoms with E-state index in [9.17, 15) is 13.2 Å². The molecule has 1 N–H and O–H groups in total. The molecule has 1 amide bonds. The minimum absolute atomic E-state index is 0.000616. The first kappa shape index (κ1) is 23.5. The fourth-order valence-electron chi connectivity index (χ4n) is 3.97. The van der Waals surface area contributed by atoms with E-state index in [1.165, 1.54) is 4.31 Å². The van der Waals surface area contributed by atoms with E-state index in [0.29, 0.717) is 25.9 Å². The summed E-state index contributed by atoms with van der Waals surface area (Å²) in [5, 5.41) is 3.07. The number of para-hydroxylation sites is 1. The molecule has 7 heteroatoms. The third-order valence-electron chi connectivity index (χ3n) is 5.93. The highest BCUT2D eigenvalue weighted by Crippen LogP contribution is 2.34. The molecule has 5 nitrogen and oxygen atoms in total. The van der Waals surface area contributed by atoms with Crippen LogP contribution in [0.1, 0.15) is 24.0 Å². The molecule has 1 heterocycles. The zero-order chi connectivity index (χ0) is 23.3. The monoisotopic (exact) mass is 480 g/mol. The number of benzene rings is 3. The Kier molecular flexibility index (Phi) is 7.53. The number of nitrogens with zero attached hydrogens (tertiary/aromatic N) is 1. The molecule has 0 unspecified atom stereocenters. The fourth-order valence-corrected chi connectivity index (χ4v) is 6.55. The SMILES string of the molecule is Cc1ccccc1CS(=O)(=O)N1CCC(C(=O)Nc2ccccc2Sc2ccccc2)CC1. The predicted molar refractivity (Wildman–Crippen MR) is 134 cm³/mol. The van der Waals surface area contributed by atoms with Gasteiger partial charge < -0.3 is 5.32 Å². The van der Waals surface area contributed by atoms with Crippen LogP contribution in [0.5, 0.6) is 0 Å². The lowest BCUT2D eigenvalue weighted by molar-refractivity contribution is -0.120. The van der Waals surface area contributed by atoms with E-state index in [1.54, 1.807) is 11.8 Å². The summed E-state index contributed by atoms with van der Waals surface area (Å²) in [4.78, 5) is 15.1. The molecule has 0 saturated carbocycles. The Labute approximate surface area is 200 Å². The Morgan fingerprint density at radius 1 is 0.939 bits per heavy atom. The highest BCUT2D eigenvalue weighted by molar-refractivity contribution is 7.99. The van der Waals surface area contributed by atoms with Gasteiger partial charge in [0.1, 0.15) is 0 Å². The van der Waals surface area contributed by atoms with Gasteiger partial charge in [-0.2, -0.15) is 0 Å². The van der Waals surface area contributed by atoms with Gasteiger partial charge in [0.2, 0.25) is 15.9 Å². The molecule has 0 spiro atoms. The van der Waals surface area contributed by atoms with Gasteiger partial charge in [0.05, 0.1) is 11.4 Å². The van der Waals surface area contributed by atoms with Crippen LogP contribution in [0, 0.1) is 12.8 Å². The van der Waals surface area contributed by atoms with Crippen LogP contribution < -0.4 is 5.32 Å². The Morgan fingerprint density at radius 2 is 1.58 bits per heavy atom. The minimum atomic E-state index is -3.41. The quantitative estimate of drug-likeness (QED) is 0.497. The summed E-state index contributed by atoms with van der Waals surface area (Å²) >= 11 is 1.61. The highest BCUT2D eigenvalue weighted by Gasteiger charge is 2.31. The van der Waals surface area contributed by atoms with Crippen LogP contribution in [0.2, 0.25) is 0 Å². The third kappa shape index (κ3) is 6.05. The van der Waals surface area contributed by atoms with Crippen molar-refractivity contribution in [2.45, 2.75) is 35.3 Å². The van der Waals surface area contributed by atoms with Gasteiger partial charge in [-0.15, -0.1) is 0 Å². The lowest BCUT2D eigenvalue weighted by Crippen LogP contribution is -2.42. The van der Waals surface area contributed by atoms with Crippen LogP contribution in [-0.2, 0) is 20.6 Å². The number of amides is 1. The molecule has 0 atom stereocenters. The van der Waals surface area contributed by atoms with Crippen LogP contribution in [0.3, 0.4) is 0 Å². The highest BCUT2D eigenvalue weighted by atomic mass is 32.2. The lowest BCUT2D eigenvalue weighted by atomic mass is 9.97. The molecule has 3 aromatic rings. The Morgan fingerprint density at radius 3 is 2.30 bits per heavy atom. The number of carbonyl (C=O) groups is 1. The molecule has 1 fully saturated rings. The van der Waals surface area contributed by atoms with E-state index in [0.717, 1.165) is 26.6 Å². The molecular formula is C26H28N2O3S2. The topological polar surface area (TPSA) is 66.5 Å². The van der Waals surface area contributed by atoms with Crippen LogP contribution in [0.15, 0.2) is 88.7 Å². The smallest absolute Gasteiger partial charge is 0.227 e. The van der Waals surface area contributed by atoms with Gasteiger partial charge in [-0.3, -0.25) is 4.79 Å². The molecule has 0 bridgehead atoms. The van der Waals surface area contributed by atoms with Crippen molar-refractivity contribution in [1.82, 2.24) is 4.31 Å². The minimum Gasteiger partial charge on any atom is -0.325 e. The number of sulfonamides is 1. The van der Waals surface area contributed by atoms with E-state index >= 15 is 0 Å². The molecular weight excluding hydrogens is 452 g/mol. The standard InChI is InChI=1S/C26H28N2O3S2/c1-20-9-5-6-10-22(20)19-33(30,31)28-17-15-21(16-18-28)26(29)27-24-13-7-8-14-25(24)32-23-11-3-2-4-12-23/h2-14,21H,15-19H2,1H3,(H,27,29). The molecule has 0 aliphatic carbocycles. The maximum absolute atomic E-state index is 13.0. The molecule has 1 saturated heterocycles. The van der Waals surface area contributed by atoms with Gasteiger partial charge in [-0.1, -0.05) is 66.4 Å². The van der Waals surface area contributed by atoms with Gasteiger partial charge >= 0.3 is 0 Å². The van der Waals surface area contributed by atoms with Crippen molar-refractivity contribution in [1.29, 1.82) is 0 Å². The second-order valence-corrected chi connectivity index (χ2v) is 11.3. The van der Waals surface area contributed by atoms with E-state index in [4.69, 9.17) is 0 Å². The average molecular weight is 481 g/mol. The van der Waals surface area contributed by atoms with Crippen molar-refractivity contribution in [2.24, 2.45) is 5.92 Å². The number of rotatable bonds is 7. The average Bonchev–Trinajstić information content (AvgIpc) is 2.82. The zero-order valence-corrected chi connectivity index (χ0v) is 20.2. The first-order valence-corrected chi connectivity index (χ1v) is 13.5. The Balaban J connectivity index is 1.36. The van der Waals surface area contributed by atoms with Crippen molar-refractivity contribution in [2.75, 3.05) is 18.4 Å². The van der Waals surface area contributed by atoms with Crippen LogP contribution in [-0.4, -0.2) is 31.7 Å². The molecule has 4 rings (SSSR count). The fraction of sp³-hybridized carbons (Fsp3) is 0.269. The van der Waals surface area contributed by atoms with Crippen molar-refractivity contribution >= 4 is 33.4 Å². The molecule has 172 valence electrons. The number of piperidine rings is 1. The van der Waals surface area contributed by atoms with Crippen LogP contribution >= 0.6 is 11.8 Å². The van der Waals surface area contributed by atoms with Crippen molar-refractivity contribution < 1.29 is 13.2 Å². The van der Waals surface area contributed by atoms with Crippen LogP contribution in [0.25, 0.3) is 0 Å². The van der Waals surface area contributed by atoms with Crippen molar-refractivity contribution in [3.63, 3.8) is 0 Å². The summed E-state index contributed by atoms with van der Waals surface area (Å²) in [7, 11) is -3.41. The first-order valence-electron chi connectivity index (χ1n) is 11.1. The number of anilines is 1. The van der Waals surface area contributed by atoms with Crippen molar-refractivity contribution in [3.05, 3.63) is 90.0 Å². The number of aryl methyl sites for hydroxylation is 1. The van der Waals surface area contributed by atoms with E-state index in [-0.39, 0.29) is 17.6 Å². The van der Waals surface area contributed by atoms with Crippen molar-refractivity contribution in [3.8, 4) is 0 Å². The number of hydrogen-bond acceptors (Lipinski definition) is 4. The molecule has 3 aromatic carbocycles. The second-order valence-electron chi connectivity index (χ2n) is 8.26. The zero-order valence-electron chi connectivity index (χ0n) is 18.6. The van der Waals surface area contributed by atoms with E-state index in [1.807, 2.05) is 85.8 Å². The number of hydrogen-bond donors (Lipinski definition) is 1. The number of nitrogens with one attached hydrogen (secondary N) is 1. The van der Waals surface area contributed by atoms with Gasteiger partial charge in [0.15, 0.2) is 0 Å². The molecule has 1 aliphatic rings.